The fourth-order valence-electron chi connectivity index (χ4n) is 4.01. The third-order valence-corrected chi connectivity index (χ3v) is 5.25. The molecule has 1 aliphatic heterocycles. The molecule has 1 N–H and O–H groups in total. The highest BCUT2D eigenvalue weighted by atomic mass is 19.4. The number of alkyl halides is 3. The average molecular weight is 306 g/mol. The highest BCUT2D eigenvalue weighted by Gasteiger charge is 2.41. The molecule has 0 aromatic heterocycles. The molecule has 0 radical (unpaired) electrons. The quantitative estimate of drug-likeness (QED) is 0.852. The molecule has 3 unspecified atom stereocenters. The number of rotatable bonds is 4. The monoisotopic (exact) mass is 306 g/mol. The smallest absolute Gasteiger partial charge is 0.314 e. The Morgan fingerprint density at radius 3 is 2.33 bits per heavy atom. The second kappa shape index (κ2) is 7.32. The summed E-state index contributed by atoms with van der Waals surface area (Å²) in [6.07, 6.45) is 0.229. The van der Waals surface area contributed by atoms with Crippen molar-refractivity contribution in [1.29, 1.82) is 0 Å². The largest absolute Gasteiger partial charge is 0.391 e. The summed E-state index contributed by atoms with van der Waals surface area (Å²) < 4.78 is 38.1. The van der Waals surface area contributed by atoms with Crippen LogP contribution >= 0.6 is 0 Å². The molecule has 2 fully saturated rings. The first kappa shape index (κ1) is 17.1. The topological polar surface area (TPSA) is 15.3 Å². The van der Waals surface area contributed by atoms with E-state index in [9.17, 15) is 13.2 Å². The first-order chi connectivity index (χ1) is 9.90. The van der Waals surface area contributed by atoms with Gasteiger partial charge in [-0.2, -0.15) is 13.2 Å². The van der Waals surface area contributed by atoms with Crippen molar-refractivity contribution in [3.8, 4) is 0 Å². The van der Waals surface area contributed by atoms with E-state index in [1.807, 2.05) is 0 Å². The van der Waals surface area contributed by atoms with Crippen molar-refractivity contribution >= 4 is 0 Å². The highest BCUT2D eigenvalue weighted by Crippen LogP contribution is 2.35. The normalized spacial score (nSPS) is 33.3. The zero-order valence-electron chi connectivity index (χ0n) is 13.3. The predicted molar refractivity (Wildman–Crippen MR) is 79.2 cm³/mol. The van der Waals surface area contributed by atoms with E-state index < -0.39 is 12.1 Å². The van der Waals surface area contributed by atoms with Crippen LogP contribution in [0.25, 0.3) is 0 Å². The molecule has 0 spiro atoms. The van der Waals surface area contributed by atoms with E-state index in [4.69, 9.17) is 0 Å². The molecule has 0 aromatic carbocycles. The summed E-state index contributed by atoms with van der Waals surface area (Å²) in [4.78, 5) is 2.26. The SMILES string of the molecule is CCNC1CCC(C)CC1CN1CCC(C(F)(F)F)CC1. The van der Waals surface area contributed by atoms with E-state index in [0.29, 0.717) is 25.0 Å². The van der Waals surface area contributed by atoms with Crippen LogP contribution in [-0.4, -0.2) is 43.3 Å². The number of piperidine rings is 1. The maximum absolute atomic E-state index is 12.7. The van der Waals surface area contributed by atoms with Gasteiger partial charge in [-0.05, 0) is 63.6 Å². The van der Waals surface area contributed by atoms with Crippen LogP contribution in [-0.2, 0) is 0 Å². The molecule has 0 amide bonds. The first-order valence-electron chi connectivity index (χ1n) is 8.42. The Morgan fingerprint density at radius 2 is 1.76 bits per heavy atom. The minimum absolute atomic E-state index is 0.275. The minimum atomic E-state index is -4.00. The molecule has 21 heavy (non-hydrogen) atoms. The summed E-state index contributed by atoms with van der Waals surface area (Å²) in [7, 11) is 0. The van der Waals surface area contributed by atoms with E-state index in [2.05, 4.69) is 24.1 Å². The van der Waals surface area contributed by atoms with Crippen LogP contribution in [0.4, 0.5) is 13.2 Å². The lowest BCUT2D eigenvalue weighted by Crippen LogP contribution is -2.48. The van der Waals surface area contributed by atoms with Crippen molar-refractivity contribution in [2.45, 2.75) is 58.2 Å². The molecule has 1 saturated heterocycles. The van der Waals surface area contributed by atoms with Crippen LogP contribution in [0, 0.1) is 17.8 Å². The van der Waals surface area contributed by atoms with Crippen LogP contribution in [0.5, 0.6) is 0 Å². The van der Waals surface area contributed by atoms with E-state index in [1.165, 1.54) is 19.3 Å². The second-order valence-corrected chi connectivity index (χ2v) is 6.96. The van der Waals surface area contributed by atoms with Gasteiger partial charge in [0.15, 0.2) is 0 Å². The summed E-state index contributed by atoms with van der Waals surface area (Å²) in [6.45, 7) is 7.58. The molecular weight excluding hydrogens is 277 g/mol. The Labute approximate surface area is 126 Å². The van der Waals surface area contributed by atoms with Gasteiger partial charge in [0.25, 0.3) is 0 Å². The molecule has 1 aliphatic carbocycles. The van der Waals surface area contributed by atoms with Gasteiger partial charge in [-0.15, -0.1) is 0 Å². The summed E-state index contributed by atoms with van der Waals surface area (Å²) in [5.41, 5.74) is 0. The zero-order chi connectivity index (χ0) is 15.5. The van der Waals surface area contributed by atoms with Crippen molar-refractivity contribution in [2.75, 3.05) is 26.2 Å². The fraction of sp³-hybridized carbons (Fsp3) is 1.00. The molecule has 1 saturated carbocycles. The Kier molecular flexibility index (Phi) is 5.95. The second-order valence-electron chi connectivity index (χ2n) is 6.96. The number of nitrogens with one attached hydrogen (secondary N) is 1. The summed E-state index contributed by atoms with van der Waals surface area (Å²) in [5.74, 6) is 0.261. The predicted octanol–water partition coefficient (Wildman–Crippen LogP) is 3.68. The van der Waals surface area contributed by atoms with Gasteiger partial charge in [0, 0.05) is 12.6 Å². The van der Waals surface area contributed by atoms with E-state index in [1.54, 1.807) is 0 Å². The van der Waals surface area contributed by atoms with Crippen LogP contribution in [0.15, 0.2) is 0 Å². The van der Waals surface area contributed by atoms with Crippen LogP contribution < -0.4 is 5.32 Å². The number of hydrogen-bond acceptors (Lipinski definition) is 2. The number of halogens is 3. The van der Waals surface area contributed by atoms with Gasteiger partial charge < -0.3 is 10.2 Å². The van der Waals surface area contributed by atoms with Crippen molar-refractivity contribution < 1.29 is 13.2 Å². The lowest BCUT2D eigenvalue weighted by molar-refractivity contribution is -0.185. The third kappa shape index (κ3) is 4.85. The Hall–Kier alpha value is -0.290. The molecule has 2 rings (SSSR count). The molecule has 0 aromatic rings. The van der Waals surface area contributed by atoms with Gasteiger partial charge in [0.1, 0.15) is 0 Å². The van der Waals surface area contributed by atoms with Gasteiger partial charge in [0.05, 0.1) is 5.92 Å². The molecule has 3 atom stereocenters. The minimum Gasteiger partial charge on any atom is -0.314 e. The van der Waals surface area contributed by atoms with Crippen molar-refractivity contribution in [2.24, 2.45) is 17.8 Å². The molecule has 124 valence electrons. The molecule has 5 heteroatoms. The molecular formula is C16H29F3N2. The maximum atomic E-state index is 12.7. The van der Waals surface area contributed by atoms with Gasteiger partial charge >= 0.3 is 6.18 Å². The van der Waals surface area contributed by atoms with E-state index >= 15 is 0 Å². The molecule has 1 heterocycles. The number of nitrogens with zero attached hydrogens (tertiary/aromatic N) is 1. The highest BCUT2D eigenvalue weighted by molar-refractivity contribution is 4.87. The van der Waals surface area contributed by atoms with Crippen molar-refractivity contribution in [3.05, 3.63) is 0 Å². The standard InChI is InChI=1S/C16H29F3N2/c1-3-20-15-5-4-12(2)10-13(15)11-21-8-6-14(7-9-21)16(17,18)19/h12-15,20H,3-11H2,1-2H3. The van der Waals surface area contributed by atoms with Gasteiger partial charge in [-0.1, -0.05) is 13.8 Å². The number of likely N-dealkylation sites (tertiary alicyclic amines) is 1. The molecule has 0 bridgehead atoms. The summed E-state index contributed by atoms with van der Waals surface area (Å²) >= 11 is 0. The maximum Gasteiger partial charge on any atom is 0.391 e. The number of hydrogen-bond donors (Lipinski definition) is 1. The lowest BCUT2D eigenvalue weighted by atomic mass is 9.78. The van der Waals surface area contributed by atoms with Crippen molar-refractivity contribution in [3.63, 3.8) is 0 Å². The molecule has 2 nitrogen and oxygen atoms in total. The van der Waals surface area contributed by atoms with Crippen molar-refractivity contribution in [1.82, 2.24) is 10.2 Å². The van der Waals surface area contributed by atoms with Crippen LogP contribution in [0.2, 0.25) is 0 Å². The summed E-state index contributed by atoms with van der Waals surface area (Å²) in [5, 5.41) is 3.57. The third-order valence-electron chi connectivity index (χ3n) is 5.25. The van der Waals surface area contributed by atoms with Gasteiger partial charge in [-0.3, -0.25) is 0 Å². The van der Waals surface area contributed by atoms with E-state index in [-0.39, 0.29) is 12.8 Å². The van der Waals surface area contributed by atoms with Crippen LogP contribution in [0.1, 0.15) is 46.0 Å². The Bertz CT molecular complexity index is 311. The fourth-order valence-corrected chi connectivity index (χ4v) is 4.01. The Balaban J connectivity index is 1.83. The first-order valence-corrected chi connectivity index (χ1v) is 8.42. The van der Waals surface area contributed by atoms with Crippen LogP contribution in [0.3, 0.4) is 0 Å². The van der Waals surface area contributed by atoms with E-state index in [0.717, 1.165) is 19.0 Å². The molecule has 2 aliphatic rings. The van der Waals surface area contributed by atoms with Gasteiger partial charge in [0.2, 0.25) is 0 Å². The average Bonchev–Trinajstić information content (AvgIpc) is 2.42. The van der Waals surface area contributed by atoms with Gasteiger partial charge in [-0.25, -0.2) is 0 Å². The Morgan fingerprint density at radius 1 is 1.10 bits per heavy atom. The summed E-state index contributed by atoms with van der Waals surface area (Å²) in [6, 6.07) is 0.548. The lowest BCUT2D eigenvalue weighted by Gasteiger charge is -2.40. The zero-order valence-corrected chi connectivity index (χ0v) is 13.3.